The molecule has 0 fully saturated rings. The van der Waals surface area contributed by atoms with Crippen molar-refractivity contribution in [3.05, 3.63) is 186 Å². The molecule has 0 saturated heterocycles. The molecule has 291 valence electrons. The molecule has 8 aromatic carbocycles. The maximum atomic E-state index is 3.96. The zero-order chi connectivity index (χ0) is 41.0. The van der Waals surface area contributed by atoms with Crippen LogP contribution in [-0.4, -0.2) is 7.28 Å². The van der Waals surface area contributed by atoms with Gasteiger partial charge in [0.1, 0.15) is 0 Å². The van der Waals surface area contributed by atoms with E-state index in [2.05, 4.69) is 223 Å². The van der Waals surface area contributed by atoms with E-state index in [1.54, 1.807) is 0 Å². The van der Waals surface area contributed by atoms with Gasteiger partial charge in [-0.15, -0.1) is 0 Å². The summed E-state index contributed by atoms with van der Waals surface area (Å²) >= 11 is 0. The Morgan fingerprint density at radius 2 is 1.10 bits per heavy atom. The van der Waals surface area contributed by atoms with Crippen molar-refractivity contribution >= 4 is 57.4 Å². The Morgan fingerprint density at radius 1 is 0.483 bits per heavy atom. The van der Waals surface area contributed by atoms with Gasteiger partial charge in [0.15, 0.2) is 7.28 Å². The topological polar surface area (TPSA) is 15.3 Å². The van der Waals surface area contributed by atoms with Gasteiger partial charge in [-0.1, -0.05) is 174 Å². The molecular weight excluding hydrogens is 723 g/mol. The van der Waals surface area contributed by atoms with Crippen molar-refractivity contribution in [1.29, 1.82) is 0 Å². The molecule has 11 rings (SSSR count). The highest BCUT2D eigenvalue weighted by molar-refractivity contribution is 6.74. The molecule has 3 aliphatic rings. The molecule has 1 N–H and O–H groups in total. The summed E-state index contributed by atoms with van der Waals surface area (Å²) in [6, 6.07) is 60.8. The number of nitrogens with zero attached hydrogens (tertiary/aromatic N) is 1. The molecule has 3 heteroatoms. The van der Waals surface area contributed by atoms with E-state index in [0.29, 0.717) is 0 Å². The molecule has 0 aromatic heterocycles. The van der Waals surface area contributed by atoms with E-state index in [1.165, 1.54) is 107 Å². The standard InChI is InChI=1S/C57H50BN2/c1-55(2)28-29-56(3,4)47-35-51-48(34-46(47)55)57(5,6)45-25-17-26-49-54(45)60(51)53-42-23-14-13-22-38(42)33-44(52(53)58-49)43-24-15-16-27-50(43)59-41-31-39(36-18-9-7-10-19-36)30-40(32-41)37-20-11-8-12-21-37/h7-27,30-35,59H,28-29H2,1-6H3. The van der Waals surface area contributed by atoms with Gasteiger partial charge in [0.2, 0.25) is 0 Å². The molecule has 1 radical (unpaired) electrons. The van der Waals surface area contributed by atoms with E-state index in [9.17, 15) is 0 Å². The molecule has 2 nitrogen and oxygen atoms in total. The van der Waals surface area contributed by atoms with E-state index in [0.717, 1.165) is 11.4 Å². The van der Waals surface area contributed by atoms with Crippen LogP contribution in [-0.2, 0) is 16.2 Å². The van der Waals surface area contributed by atoms with Crippen LogP contribution >= 0.6 is 0 Å². The molecule has 0 unspecified atom stereocenters. The van der Waals surface area contributed by atoms with Crippen LogP contribution in [0.25, 0.3) is 44.2 Å². The summed E-state index contributed by atoms with van der Waals surface area (Å²) in [5, 5.41) is 6.46. The fourth-order valence-corrected chi connectivity index (χ4v) is 10.6. The first-order valence-corrected chi connectivity index (χ1v) is 21.6. The molecule has 1 aliphatic carbocycles. The third-order valence-electron chi connectivity index (χ3n) is 14.1. The van der Waals surface area contributed by atoms with E-state index in [1.807, 2.05) is 0 Å². The lowest BCUT2D eigenvalue weighted by Gasteiger charge is -2.49. The van der Waals surface area contributed by atoms with E-state index in [4.69, 9.17) is 0 Å². The van der Waals surface area contributed by atoms with Gasteiger partial charge in [-0.3, -0.25) is 0 Å². The highest BCUT2D eigenvalue weighted by Gasteiger charge is 2.45. The lowest BCUT2D eigenvalue weighted by atomic mass is 9.55. The predicted octanol–water partition coefficient (Wildman–Crippen LogP) is 14.0. The molecule has 0 saturated carbocycles. The molecule has 2 heterocycles. The number of para-hydroxylation sites is 2. The summed E-state index contributed by atoms with van der Waals surface area (Å²) in [4.78, 5) is 2.66. The van der Waals surface area contributed by atoms with Crippen LogP contribution < -0.4 is 21.1 Å². The van der Waals surface area contributed by atoms with Crippen LogP contribution in [0.15, 0.2) is 164 Å². The number of fused-ring (bicyclic) bond motifs is 7. The Labute approximate surface area is 356 Å². The lowest BCUT2D eigenvalue weighted by Crippen LogP contribution is -2.46. The average molecular weight is 774 g/mol. The fraction of sp³-hybridized carbons (Fsp3) is 0.193. The minimum atomic E-state index is -0.175. The zero-order valence-electron chi connectivity index (χ0n) is 35.5. The van der Waals surface area contributed by atoms with Crippen molar-refractivity contribution in [2.45, 2.75) is 70.6 Å². The third kappa shape index (κ3) is 5.70. The first-order chi connectivity index (χ1) is 29.0. The van der Waals surface area contributed by atoms with Gasteiger partial charge in [-0.2, -0.15) is 0 Å². The molecule has 0 atom stereocenters. The van der Waals surface area contributed by atoms with E-state index < -0.39 is 0 Å². The smallest absolute Gasteiger partial charge is 0.197 e. The predicted molar refractivity (Wildman–Crippen MR) is 257 cm³/mol. The molecule has 0 bridgehead atoms. The summed E-state index contributed by atoms with van der Waals surface area (Å²) in [5.41, 5.74) is 21.5. The Balaban J connectivity index is 1.13. The number of nitrogens with one attached hydrogen (secondary N) is 1. The number of rotatable bonds is 5. The van der Waals surface area contributed by atoms with Crippen LogP contribution in [0.5, 0.6) is 0 Å². The van der Waals surface area contributed by atoms with Crippen molar-refractivity contribution in [3.63, 3.8) is 0 Å². The number of hydrogen-bond acceptors (Lipinski definition) is 2. The van der Waals surface area contributed by atoms with Gasteiger partial charge in [-0.05, 0) is 121 Å². The van der Waals surface area contributed by atoms with Gasteiger partial charge >= 0.3 is 0 Å². The van der Waals surface area contributed by atoms with Crippen LogP contribution in [0.3, 0.4) is 0 Å². The highest BCUT2D eigenvalue weighted by atomic mass is 15.2. The summed E-state index contributed by atoms with van der Waals surface area (Å²) in [6.07, 6.45) is 2.37. The van der Waals surface area contributed by atoms with Crippen molar-refractivity contribution < 1.29 is 0 Å². The van der Waals surface area contributed by atoms with Crippen molar-refractivity contribution in [1.82, 2.24) is 0 Å². The summed E-state index contributed by atoms with van der Waals surface area (Å²) in [7, 11) is 2.47. The zero-order valence-corrected chi connectivity index (χ0v) is 35.5. The molecule has 60 heavy (non-hydrogen) atoms. The number of benzene rings is 8. The highest BCUT2D eigenvalue weighted by Crippen LogP contribution is 2.57. The van der Waals surface area contributed by atoms with Gasteiger partial charge < -0.3 is 10.2 Å². The molecule has 8 aromatic rings. The Bertz CT molecular complexity index is 2950. The van der Waals surface area contributed by atoms with Gasteiger partial charge in [0, 0.05) is 39.1 Å². The minimum absolute atomic E-state index is 0.0846. The van der Waals surface area contributed by atoms with Crippen LogP contribution in [0.1, 0.15) is 76.6 Å². The van der Waals surface area contributed by atoms with Crippen LogP contribution in [0.2, 0.25) is 0 Å². The summed E-state index contributed by atoms with van der Waals surface area (Å²) in [5.74, 6) is 0. The number of anilines is 5. The lowest BCUT2D eigenvalue weighted by molar-refractivity contribution is 0.331. The Morgan fingerprint density at radius 3 is 1.80 bits per heavy atom. The van der Waals surface area contributed by atoms with Crippen molar-refractivity contribution in [2.24, 2.45) is 0 Å². The van der Waals surface area contributed by atoms with Gasteiger partial charge in [-0.25, -0.2) is 0 Å². The van der Waals surface area contributed by atoms with Crippen LogP contribution in [0, 0.1) is 0 Å². The maximum absolute atomic E-state index is 3.96. The fourth-order valence-electron chi connectivity index (χ4n) is 10.6. The first kappa shape index (κ1) is 36.7. The number of hydrogen-bond donors (Lipinski definition) is 1. The van der Waals surface area contributed by atoms with Gasteiger partial charge in [0.25, 0.3) is 0 Å². The minimum Gasteiger partial charge on any atom is -0.355 e. The van der Waals surface area contributed by atoms with Crippen molar-refractivity contribution in [3.8, 4) is 33.4 Å². The summed E-state index contributed by atoms with van der Waals surface area (Å²) in [6.45, 7) is 14.7. The molecule has 0 spiro atoms. The molecular formula is C57H50BN2. The van der Waals surface area contributed by atoms with Crippen LogP contribution in [0.4, 0.5) is 28.4 Å². The second-order valence-electron chi connectivity index (χ2n) is 19.1. The molecule has 2 aliphatic heterocycles. The van der Waals surface area contributed by atoms with Gasteiger partial charge in [0.05, 0.1) is 5.69 Å². The third-order valence-corrected chi connectivity index (χ3v) is 14.1. The van der Waals surface area contributed by atoms with E-state index in [-0.39, 0.29) is 16.2 Å². The second kappa shape index (κ2) is 13.3. The largest absolute Gasteiger partial charge is 0.355 e. The normalized spacial score (nSPS) is 16.2. The monoisotopic (exact) mass is 773 g/mol. The maximum Gasteiger partial charge on any atom is 0.197 e. The Hall–Kier alpha value is -6.32. The summed E-state index contributed by atoms with van der Waals surface area (Å²) < 4.78 is 0. The average Bonchev–Trinajstić information content (AvgIpc) is 3.27. The SMILES string of the molecule is CC1(C)CCC(C)(C)c2cc3c(cc21)N1c2c(cccc2C3(C)C)[B]c2c(-c3ccccc3Nc3cc(-c4ccccc4)cc(-c4ccccc4)c3)cc3ccccc3c21. The first-order valence-electron chi connectivity index (χ1n) is 21.6. The quantitative estimate of drug-likeness (QED) is 0.175. The van der Waals surface area contributed by atoms with E-state index >= 15 is 0 Å². The molecule has 0 amide bonds. The second-order valence-corrected chi connectivity index (χ2v) is 19.1. The Kier molecular flexibility index (Phi) is 8.17. The van der Waals surface area contributed by atoms with Crippen molar-refractivity contribution in [2.75, 3.05) is 10.2 Å².